The molecule has 8 heteroatoms. The number of phenolic OH excluding ortho intramolecular Hbond substituents is 1. The van der Waals surface area contributed by atoms with E-state index in [9.17, 15) is 15.2 Å². The molecule has 6 nitrogen and oxygen atoms in total. The smallest absolute Gasteiger partial charge is 0.266 e. The van der Waals surface area contributed by atoms with Crippen LogP contribution in [0, 0.1) is 11.3 Å². The Kier molecular flexibility index (Phi) is 7.28. The fourth-order valence-corrected chi connectivity index (χ4v) is 3.05. The highest BCUT2D eigenvalue weighted by Crippen LogP contribution is 2.42. The molecule has 2 aromatic rings. The van der Waals surface area contributed by atoms with E-state index in [2.05, 4.69) is 37.2 Å². The molecule has 0 fully saturated rings. The maximum atomic E-state index is 12.5. The molecule has 1 amide bonds. The van der Waals surface area contributed by atoms with Crippen molar-refractivity contribution in [2.75, 3.05) is 19.0 Å². The number of aromatic hydroxyl groups is 1. The second-order valence-electron chi connectivity index (χ2n) is 5.23. The van der Waals surface area contributed by atoms with Gasteiger partial charge in [0.25, 0.3) is 5.91 Å². The molecule has 0 unspecified atom stereocenters. The van der Waals surface area contributed by atoms with Crippen molar-refractivity contribution in [3.8, 4) is 23.3 Å². The van der Waals surface area contributed by atoms with Crippen molar-refractivity contribution in [2.24, 2.45) is 0 Å². The van der Waals surface area contributed by atoms with E-state index in [0.717, 1.165) is 0 Å². The average Bonchev–Trinajstić information content (AvgIpc) is 2.66. The molecule has 0 bridgehead atoms. The summed E-state index contributed by atoms with van der Waals surface area (Å²) < 4.78 is 11.3. The van der Waals surface area contributed by atoms with Crippen molar-refractivity contribution in [3.05, 3.63) is 50.4 Å². The highest BCUT2D eigenvalue weighted by Gasteiger charge is 2.16. The number of phenols is 1. The van der Waals surface area contributed by atoms with Gasteiger partial charge in [-0.2, -0.15) is 5.26 Å². The van der Waals surface area contributed by atoms with Crippen LogP contribution in [0.2, 0.25) is 0 Å². The van der Waals surface area contributed by atoms with Crippen LogP contribution in [0.1, 0.15) is 12.5 Å². The molecule has 27 heavy (non-hydrogen) atoms. The molecule has 140 valence electrons. The van der Waals surface area contributed by atoms with Crippen molar-refractivity contribution in [1.82, 2.24) is 0 Å². The minimum atomic E-state index is -0.568. The maximum Gasteiger partial charge on any atom is 0.266 e. The van der Waals surface area contributed by atoms with Crippen molar-refractivity contribution in [3.63, 3.8) is 0 Å². The third kappa shape index (κ3) is 5.02. The van der Waals surface area contributed by atoms with Crippen LogP contribution >= 0.6 is 31.9 Å². The second-order valence-corrected chi connectivity index (χ2v) is 6.82. The Balaban J connectivity index is 2.34. The Labute approximate surface area is 173 Å². The summed E-state index contributed by atoms with van der Waals surface area (Å²) in [5, 5.41) is 22.1. The first-order valence-corrected chi connectivity index (χ1v) is 9.40. The van der Waals surface area contributed by atoms with E-state index in [-0.39, 0.29) is 17.1 Å². The lowest BCUT2D eigenvalue weighted by Gasteiger charge is -2.10. The summed E-state index contributed by atoms with van der Waals surface area (Å²) in [5.74, 6) is 0.171. The van der Waals surface area contributed by atoms with Crippen molar-refractivity contribution >= 4 is 49.5 Å². The van der Waals surface area contributed by atoms with Crippen molar-refractivity contribution in [1.29, 1.82) is 5.26 Å². The van der Waals surface area contributed by atoms with E-state index in [0.29, 0.717) is 32.6 Å². The van der Waals surface area contributed by atoms with E-state index in [1.807, 2.05) is 13.0 Å². The molecule has 0 saturated heterocycles. The molecule has 0 aromatic heterocycles. The molecular formula is C19H16Br2N2O4. The first kappa shape index (κ1) is 20.8. The van der Waals surface area contributed by atoms with Gasteiger partial charge in [-0.1, -0.05) is 6.07 Å². The van der Waals surface area contributed by atoms with Gasteiger partial charge in [0.15, 0.2) is 11.5 Å². The van der Waals surface area contributed by atoms with Gasteiger partial charge in [-0.15, -0.1) is 0 Å². The third-order valence-corrected chi connectivity index (χ3v) is 5.62. The predicted octanol–water partition coefficient (Wildman–Crippen LogP) is 4.87. The lowest BCUT2D eigenvalue weighted by Crippen LogP contribution is -2.13. The summed E-state index contributed by atoms with van der Waals surface area (Å²) in [4.78, 5) is 12.5. The normalized spacial score (nSPS) is 10.9. The number of hydrogen-bond acceptors (Lipinski definition) is 5. The number of nitrogens with zero attached hydrogens (tertiary/aromatic N) is 1. The molecule has 0 saturated carbocycles. The Morgan fingerprint density at radius 3 is 2.70 bits per heavy atom. The summed E-state index contributed by atoms with van der Waals surface area (Å²) >= 11 is 6.57. The van der Waals surface area contributed by atoms with Gasteiger partial charge in [0, 0.05) is 16.2 Å². The third-order valence-electron chi connectivity index (χ3n) is 3.46. The van der Waals surface area contributed by atoms with Gasteiger partial charge in [-0.25, -0.2) is 0 Å². The monoisotopic (exact) mass is 494 g/mol. The number of hydrogen-bond donors (Lipinski definition) is 2. The zero-order valence-corrected chi connectivity index (χ0v) is 17.7. The lowest BCUT2D eigenvalue weighted by molar-refractivity contribution is -0.112. The van der Waals surface area contributed by atoms with Gasteiger partial charge in [0.1, 0.15) is 17.4 Å². The second kappa shape index (κ2) is 9.44. The van der Waals surface area contributed by atoms with Gasteiger partial charge >= 0.3 is 0 Å². The van der Waals surface area contributed by atoms with Crippen LogP contribution in [0.4, 0.5) is 5.69 Å². The van der Waals surface area contributed by atoms with Crippen LogP contribution in [0.3, 0.4) is 0 Å². The summed E-state index contributed by atoms with van der Waals surface area (Å²) in [7, 11) is 1.41. The van der Waals surface area contributed by atoms with Gasteiger partial charge in [-0.3, -0.25) is 4.79 Å². The molecule has 0 aliphatic rings. The fraction of sp³-hybridized carbons (Fsp3) is 0.158. The topological polar surface area (TPSA) is 91.6 Å². The number of amides is 1. The zero-order chi connectivity index (χ0) is 20.0. The Morgan fingerprint density at radius 1 is 1.33 bits per heavy atom. The molecule has 0 heterocycles. The summed E-state index contributed by atoms with van der Waals surface area (Å²) in [6.45, 7) is 2.37. The van der Waals surface area contributed by atoms with Crippen LogP contribution in [0.15, 0.2) is 44.9 Å². The molecule has 2 rings (SSSR count). The highest BCUT2D eigenvalue weighted by atomic mass is 79.9. The fourth-order valence-electron chi connectivity index (χ4n) is 2.21. The number of methoxy groups -OCH3 is 1. The molecule has 2 aromatic carbocycles. The van der Waals surface area contributed by atoms with E-state index in [1.54, 1.807) is 24.3 Å². The zero-order valence-electron chi connectivity index (χ0n) is 14.5. The minimum Gasteiger partial charge on any atom is -0.503 e. The predicted molar refractivity (Wildman–Crippen MR) is 110 cm³/mol. The quantitative estimate of drug-likeness (QED) is 0.440. The largest absolute Gasteiger partial charge is 0.503 e. The van der Waals surface area contributed by atoms with Crippen LogP contribution in [0.5, 0.6) is 17.2 Å². The molecule has 0 aliphatic carbocycles. The standard InChI is InChI=1S/C19H16Br2N2O4/c1-3-27-14-6-4-5-13(9-14)23-19(25)12(10-22)7-11-8-15(26-2)18(24)17(21)16(11)20/h4-9,24H,3H2,1-2H3,(H,23,25)/b12-7-. The average molecular weight is 496 g/mol. The Hall–Kier alpha value is -2.50. The van der Waals surface area contributed by atoms with Crippen molar-refractivity contribution < 1.29 is 19.4 Å². The highest BCUT2D eigenvalue weighted by molar-refractivity contribution is 9.13. The molecule has 0 atom stereocenters. The SMILES string of the molecule is CCOc1cccc(NC(=O)/C(C#N)=C\c2cc(OC)c(O)c(Br)c2Br)c1. The summed E-state index contributed by atoms with van der Waals surface area (Å²) in [5.41, 5.74) is 0.888. The van der Waals surface area contributed by atoms with Gasteiger partial charge in [0.2, 0.25) is 0 Å². The molecular weight excluding hydrogens is 480 g/mol. The first-order chi connectivity index (χ1) is 12.9. The molecule has 0 spiro atoms. The molecule has 0 aliphatic heterocycles. The summed E-state index contributed by atoms with van der Waals surface area (Å²) in [6, 6.07) is 10.3. The molecule has 2 N–H and O–H groups in total. The number of ether oxygens (including phenoxy) is 2. The lowest BCUT2D eigenvalue weighted by atomic mass is 10.1. The van der Waals surface area contributed by atoms with E-state index in [1.165, 1.54) is 19.3 Å². The van der Waals surface area contributed by atoms with Gasteiger partial charge in [-0.05, 0) is 68.6 Å². The first-order valence-electron chi connectivity index (χ1n) is 7.82. The number of carbonyl (C=O) groups excluding carboxylic acids is 1. The van der Waals surface area contributed by atoms with Gasteiger partial charge < -0.3 is 19.9 Å². The Morgan fingerprint density at radius 2 is 2.07 bits per heavy atom. The number of halogens is 2. The van der Waals surface area contributed by atoms with Crippen LogP contribution in [0.25, 0.3) is 6.08 Å². The van der Waals surface area contributed by atoms with Crippen LogP contribution < -0.4 is 14.8 Å². The number of anilines is 1. The Bertz CT molecular complexity index is 936. The van der Waals surface area contributed by atoms with Crippen LogP contribution in [-0.2, 0) is 4.79 Å². The van der Waals surface area contributed by atoms with E-state index >= 15 is 0 Å². The van der Waals surface area contributed by atoms with Crippen molar-refractivity contribution in [2.45, 2.75) is 6.92 Å². The number of rotatable bonds is 6. The van der Waals surface area contributed by atoms with Gasteiger partial charge in [0.05, 0.1) is 18.2 Å². The van der Waals surface area contributed by atoms with E-state index < -0.39 is 5.91 Å². The molecule has 0 radical (unpaired) electrons. The maximum absolute atomic E-state index is 12.5. The number of carbonyl (C=O) groups is 1. The minimum absolute atomic E-state index is 0.0859. The number of nitrogens with one attached hydrogen (secondary N) is 1. The van der Waals surface area contributed by atoms with E-state index in [4.69, 9.17) is 9.47 Å². The summed E-state index contributed by atoms with van der Waals surface area (Å²) in [6.07, 6.45) is 1.40. The number of nitriles is 1. The van der Waals surface area contributed by atoms with Crippen LogP contribution in [-0.4, -0.2) is 24.7 Å². The number of benzene rings is 2.